The van der Waals surface area contributed by atoms with Crippen molar-refractivity contribution in [3.8, 4) is 17.4 Å². The number of fused-ring (bicyclic) bond motifs is 8. The Morgan fingerprint density at radius 1 is 0.942 bits per heavy atom. The number of halogens is 2. The first-order valence-corrected chi connectivity index (χ1v) is 19.1. The smallest absolute Gasteiger partial charge is 0.320 e. The van der Waals surface area contributed by atoms with Crippen molar-refractivity contribution in [1.29, 1.82) is 0 Å². The molecule has 0 radical (unpaired) electrons. The number of likely N-dealkylation sites (N-methyl/N-ethyl adjacent to an activating group) is 1. The summed E-state index contributed by atoms with van der Waals surface area (Å²) in [6, 6.07) is 5.68. The highest BCUT2D eigenvalue weighted by Crippen LogP contribution is 2.39. The summed E-state index contributed by atoms with van der Waals surface area (Å²) in [6.45, 7) is 7.78. The summed E-state index contributed by atoms with van der Waals surface area (Å²) in [7, 11) is 2.21. The molecule has 5 fully saturated rings. The van der Waals surface area contributed by atoms with Gasteiger partial charge >= 0.3 is 6.01 Å². The highest BCUT2D eigenvalue weighted by molar-refractivity contribution is 5.89. The van der Waals surface area contributed by atoms with E-state index in [9.17, 15) is 4.39 Å². The van der Waals surface area contributed by atoms with Gasteiger partial charge in [-0.2, -0.15) is 15.1 Å². The molecule has 7 heterocycles. The fourth-order valence-corrected chi connectivity index (χ4v) is 9.78. The number of nitrogens with zero attached hydrogens (tertiary/aromatic N) is 7. The zero-order valence-corrected chi connectivity index (χ0v) is 30.0. The number of alkyl halides is 1. The van der Waals surface area contributed by atoms with E-state index in [1.165, 1.54) is 12.1 Å². The number of benzene rings is 1. The van der Waals surface area contributed by atoms with E-state index in [1.807, 2.05) is 0 Å². The number of nitrogens with one attached hydrogen (secondary N) is 4. The van der Waals surface area contributed by atoms with Crippen molar-refractivity contribution >= 4 is 16.9 Å². The lowest BCUT2D eigenvalue weighted by Crippen LogP contribution is -2.67. The van der Waals surface area contributed by atoms with Gasteiger partial charge in [-0.1, -0.05) is 0 Å². The minimum Gasteiger partial charge on any atom is -0.489 e. The van der Waals surface area contributed by atoms with E-state index in [1.54, 1.807) is 16.9 Å². The number of aromatic nitrogens is 4. The third kappa shape index (κ3) is 6.71. The molecule has 5 aliphatic heterocycles. The normalized spacial score (nSPS) is 34.9. The first kappa shape index (κ1) is 34.5. The number of rotatable bonds is 1. The molecule has 4 N–H and O–H groups in total. The van der Waals surface area contributed by atoms with Gasteiger partial charge in [0.2, 0.25) is 0 Å². The Bertz CT molecular complexity index is 1730. The van der Waals surface area contributed by atoms with Crippen LogP contribution >= 0.6 is 0 Å². The Hall–Kier alpha value is -3.25. The monoisotopic (exact) mass is 723 g/mol. The maximum atomic E-state index is 15.3. The minimum absolute atomic E-state index is 0.0932. The highest BCUT2D eigenvalue weighted by Gasteiger charge is 2.50. The average Bonchev–Trinajstić information content (AvgIpc) is 3.81. The minimum atomic E-state index is -0.781. The van der Waals surface area contributed by atoms with Crippen molar-refractivity contribution in [3.63, 3.8) is 0 Å². The fraction of sp³-hybridized carbons (Fsp3) is 0.694. The van der Waals surface area contributed by atoms with Crippen molar-refractivity contribution in [2.24, 2.45) is 5.92 Å². The summed E-state index contributed by atoms with van der Waals surface area (Å²) in [5.74, 6) is 0.942. The predicted molar refractivity (Wildman–Crippen MR) is 191 cm³/mol. The second kappa shape index (κ2) is 14.5. The Morgan fingerprint density at radius 3 is 2.73 bits per heavy atom. The lowest BCUT2D eigenvalue weighted by Gasteiger charge is -2.46. The molecular weight excluding hydrogens is 672 g/mol. The van der Waals surface area contributed by atoms with Crippen molar-refractivity contribution in [3.05, 3.63) is 30.2 Å². The van der Waals surface area contributed by atoms with Crippen LogP contribution in [0.15, 0.2) is 24.4 Å². The molecule has 9 atom stereocenters. The van der Waals surface area contributed by atoms with E-state index in [4.69, 9.17) is 29.3 Å². The number of hydrogen-bond donors (Lipinski definition) is 4. The van der Waals surface area contributed by atoms with Crippen LogP contribution in [-0.2, 0) is 4.74 Å². The van der Waals surface area contributed by atoms with Gasteiger partial charge in [-0.15, -0.1) is 0 Å². The Balaban J connectivity index is 1.05. The van der Waals surface area contributed by atoms with E-state index in [-0.39, 0.29) is 61.8 Å². The van der Waals surface area contributed by atoms with Crippen LogP contribution < -0.4 is 35.6 Å². The standard InChI is InChI=1S/C36H51F2N11O3/c1-21-41-29-15-23(38)14-26-28-6-7-39-35(43-28)42-24-17-25(20-46(2)8-3-9-47(21)32(26)29)48(19-24)33-27-18-40-49-30-5-4-22(37)16-31(30)51-12-10-50-11-13-52-36(44-33)45-34(27)49/h4-5,16,18,21,23-26,28-29,32,35,39,41-43H,3,6-15,17,19-20H2,1-2H3/t21?,23?,24-,25-,26?,28?,29?,32?,35?/m0/s1. The zero-order chi connectivity index (χ0) is 35.3. The van der Waals surface area contributed by atoms with Crippen LogP contribution in [0, 0.1) is 11.7 Å². The number of hydrogen-bond acceptors (Lipinski definition) is 13. The molecule has 0 amide bonds. The van der Waals surface area contributed by atoms with Gasteiger partial charge in [0.05, 0.1) is 31.0 Å². The van der Waals surface area contributed by atoms with Gasteiger partial charge in [-0.05, 0) is 77.2 Å². The molecule has 0 spiro atoms. The number of ether oxygens (including phenoxy) is 3. The highest BCUT2D eigenvalue weighted by atomic mass is 19.1. The molecule has 3 aromatic rings. The predicted octanol–water partition coefficient (Wildman–Crippen LogP) is 1.59. The van der Waals surface area contributed by atoms with Crippen LogP contribution in [0.5, 0.6) is 11.8 Å². The summed E-state index contributed by atoms with van der Waals surface area (Å²) in [4.78, 5) is 17.3. The molecule has 7 unspecified atom stereocenters. The van der Waals surface area contributed by atoms with E-state index in [0.717, 1.165) is 56.6 Å². The Labute approximate surface area is 302 Å². The maximum Gasteiger partial charge on any atom is 0.320 e. The van der Waals surface area contributed by atoms with Crippen molar-refractivity contribution in [2.45, 2.75) is 87.9 Å². The Morgan fingerprint density at radius 2 is 1.83 bits per heavy atom. The molecule has 16 heteroatoms. The van der Waals surface area contributed by atoms with Gasteiger partial charge in [-0.3, -0.25) is 26.2 Å². The van der Waals surface area contributed by atoms with Crippen LogP contribution in [0.1, 0.15) is 39.0 Å². The van der Waals surface area contributed by atoms with Gasteiger partial charge in [0.15, 0.2) is 5.65 Å². The third-order valence-corrected chi connectivity index (χ3v) is 12.0. The van der Waals surface area contributed by atoms with Gasteiger partial charge in [-0.25, -0.2) is 13.5 Å². The van der Waals surface area contributed by atoms with Crippen molar-refractivity contribution < 1.29 is 23.0 Å². The molecule has 52 heavy (non-hydrogen) atoms. The van der Waals surface area contributed by atoms with Crippen LogP contribution in [-0.4, -0.2) is 145 Å². The van der Waals surface area contributed by atoms with E-state index in [0.29, 0.717) is 55.7 Å². The van der Waals surface area contributed by atoms with E-state index >= 15 is 4.39 Å². The second-order valence-electron chi connectivity index (χ2n) is 15.4. The van der Waals surface area contributed by atoms with Gasteiger partial charge < -0.3 is 24.0 Å². The van der Waals surface area contributed by atoms with Crippen molar-refractivity contribution in [2.75, 3.05) is 71.1 Å². The van der Waals surface area contributed by atoms with Gasteiger partial charge in [0, 0.05) is 55.9 Å². The topological polar surface area (TPSA) is 129 Å². The molecule has 1 saturated carbocycles. The molecular formula is C36H51F2N11O3. The first-order valence-electron chi connectivity index (χ1n) is 19.1. The van der Waals surface area contributed by atoms with Gasteiger partial charge in [0.25, 0.3) is 0 Å². The molecule has 1 aromatic carbocycles. The van der Waals surface area contributed by atoms with Crippen molar-refractivity contribution in [1.82, 2.24) is 50.8 Å². The zero-order valence-electron chi connectivity index (χ0n) is 30.0. The lowest BCUT2D eigenvalue weighted by molar-refractivity contribution is 0.0446. The first-order chi connectivity index (χ1) is 25.4. The van der Waals surface area contributed by atoms with Crippen LogP contribution in [0.3, 0.4) is 0 Å². The van der Waals surface area contributed by atoms with Crippen LogP contribution in [0.2, 0.25) is 0 Å². The number of anilines is 1. The van der Waals surface area contributed by atoms with Crippen LogP contribution in [0.4, 0.5) is 14.6 Å². The molecule has 6 bridgehead atoms. The summed E-state index contributed by atoms with van der Waals surface area (Å²) in [5, 5.41) is 20.8. The Kier molecular flexibility index (Phi) is 9.64. The van der Waals surface area contributed by atoms with Crippen LogP contribution in [0.25, 0.3) is 16.7 Å². The average molecular weight is 724 g/mol. The van der Waals surface area contributed by atoms with Gasteiger partial charge in [0.1, 0.15) is 48.7 Å². The molecule has 282 valence electrons. The summed E-state index contributed by atoms with van der Waals surface area (Å²) >= 11 is 0. The largest absolute Gasteiger partial charge is 0.489 e. The SMILES string of the molecule is CC1NC2CC(F)CC3C4CCNC(N4)N[C@H]4C[C@@H](CN(C)CCCN1C23)N(c1nc2nc3c1cnn3-c1ccc(F)cc1OCCOCCO2)C4. The quantitative estimate of drug-likeness (QED) is 0.291. The molecule has 6 aliphatic rings. The molecule has 2 aromatic heterocycles. The third-order valence-electron chi connectivity index (χ3n) is 12.0. The maximum absolute atomic E-state index is 15.3. The fourth-order valence-electron chi connectivity index (χ4n) is 9.78. The van der Waals surface area contributed by atoms with E-state index in [2.05, 4.69) is 49.9 Å². The lowest BCUT2D eigenvalue weighted by atomic mass is 9.75. The van der Waals surface area contributed by atoms with E-state index < -0.39 is 12.0 Å². The summed E-state index contributed by atoms with van der Waals surface area (Å²) < 4.78 is 49.1. The summed E-state index contributed by atoms with van der Waals surface area (Å²) in [6.07, 6.45) is 5.25. The molecule has 1 aliphatic carbocycles. The molecule has 9 rings (SSSR count). The molecule has 4 saturated heterocycles. The second-order valence-corrected chi connectivity index (χ2v) is 15.4. The summed E-state index contributed by atoms with van der Waals surface area (Å²) in [5.41, 5.74) is 1.13. The molecule has 14 nitrogen and oxygen atoms in total.